The maximum Gasteiger partial charge on any atom is 0.0551 e. The van der Waals surface area contributed by atoms with Gasteiger partial charge < -0.3 is 4.57 Å². The highest BCUT2D eigenvalue weighted by atomic mass is 127. The highest BCUT2D eigenvalue weighted by Crippen LogP contribution is 2.37. The summed E-state index contributed by atoms with van der Waals surface area (Å²) < 4.78 is 3.69. The molecule has 0 bridgehead atoms. The molecule has 27 heavy (non-hydrogen) atoms. The zero-order valence-corrected chi connectivity index (χ0v) is 16.9. The Morgan fingerprint density at radius 2 is 1.22 bits per heavy atom. The van der Waals surface area contributed by atoms with Crippen molar-refractivity contribution in [3.05, 3.63) is 112 Å². The van der Waals surface area contributed by atoms with E-state index in [2.05, 4.69) is 124 Å². The summed E-state index contributed by atoms with van der Waals surface area (Å²) in [6.45, 7) is 0. The summed E-state index contributed by atoms with van der Waals surface area (Å²) >= 11 is 2.47. The third-order valence-corrected chi connectivity index (χ3v) is 6.00. The molecule has 1 aromatic heterocycles. The lowest BCUT2D eigenvalue weighted by molar-refractivity contribution is 1.17. The molecule has 2 heteroatoms. The van der Waals surface area contributed by atoms with Gasteiger partial charge in [-0.2, -0.15) is 0 Å². The van der Waals surface area contributed by atoms with Crippen LogP contribution in [0.1, 0.15) is 11.1 Å². The number of rotatable bonds is 3. The fraction of sp³-hybridized carbons (Fsp3) is 0.0400. The quantitative estimate of drug-likeness (QED) is 0.257. The number of hydrogen-bond acceptors (Lipinski definition) is 0. The maximum atomic E-state index is 2.47. The average Bonchev–Trinajstić information content (AvgIpc) is 3.06. The van der Waals surface area contributed by atoms with Crippen molar-refractivity contribution >= 4 is 44.4 Å². The molecule has 4 aromatic carbocycles. The minimum atomic E-state index is 0.942. The van der Waals surface area contributed by atoms with Crippen LogP contribution in [-0.2, 0) is 6.42 Å². The highest BCUT2D eigenvalue weighted by Gasteiger charge is 2.16. The molecule has 0 saturated carbocycles. The summed E-state index contributed by atoms with van der Waals surface area (Å²) in [6, 6.07) is 34.7. The molecule has 0 aliphatic heterocycles. The molecule has 0 aliphatic carbocycles. The Bertz CT molecular complexity index is 1240. The Morgan fingerprint density at radius 3 is 1.96 bits per heavy atom. The van der Waals surface area contributed by atoms with E-state index in [4.69, 9.17) is 0 Å². The summed E-state index contributed by atoms with van der Waals surface area (Å²) in [6.07, 6.45) is 0.942. The van der Waals surface area contributed by atoms with Crippen molar-refractivity contribution in [3.8, 4) is 5.69 Å². The molecule has 0 saturated heterocycles. The van der Waals surface area contributed by atoms with E-state index in [1.165, 1.54) is 42.2 Å². The number of benzene rings is 4. The number of halogens is 1. The van der Waals surface area contributed by atoms with Gasteiger partial charge in [0.1, 0.15) is 0 Å². The van der Waals surface area contributed by atoms with Crippen LogP contribution in [0.5, 0.6) is 0 Å². The monoisotopic (exact) mass is 459 g/mol. The van der Waals surface area contributed by atoms with Crippen molar-refractivity contribution in [3.63, 3.8) is 0 Å². The summed E-state index contributed by atoms with van der Waals surface area (Å²) in [5.41, 5.74) is 6.47. The van der Waals surface area contributed by atoms with Crippen LogP contribution in [0, 0.1) is 3.57 Å². The Kier molecular flexibility index (Phi) is 4.21. The van der Waals surface area contributed by atoms with Crippen LogP contribution in [0.25, 0.3) is 27.5 Å². The first-order valence-electron chi connectivity index (χ1n) is 9.13. The first kappa shape index (κ1) is 16.6. The van der Waals surface area contributed by atoms with Crippen LogP contribution >= 0.6 is 22.6 Å². The van der Waals surface area contributed by atoms with E-state index in [-0.39, 0.29) is 0 Å². The molecular formula is C25H18IN. The lowest BCUT2D eigenvalue weighted by atomic mass is 9.99. The molecule has 0 spiro atoms. The second kappa shape index (κ2) is 6.86. The molecular weight excluding hydrogens is 441 g/mol. The SMILES string of the molecule is Ic1cccc2c1c1c(Cc3ccccc3)cccc1n2-c1ccccc1. The molecule has 0 radical (unpaired) electrons. The summed E-state index contributed by atoms with van der Waals surface area (Å²) in [7, 11) is 0. The first-order chi connectivity index (χ1) is 13.3. The fourth-order valence-electron chi connectivity index (χ4n) is 3.96. The Labute approximate surface area is 172 Å². The fourth-order valence-corrected chi connectivity index (χ4v) is 4.71. The smallest absolute Gasteiger partial charge is 0.0551 e. The second-order valence-corrected chi connectivity index (χ2v) is 7.94. The van der Waals surface area contributed by atoms with Crippen molar-refractivity contribution in [2.45, 2.75) is 6.42 Å². The molecule has 0 N–H and O–H groups in total. The standard InChI is InChI=1S/C25H18IN/c26-21-14-8-16-23-25(21)24-19(17-18-9-3-1-4-10-18)11-7-15-22(24)27(23)20-12-5-2-6-13-20/h1-16H,17H2. The predicted molar refractivity (Wildman–Crippen MR) is 123 cm³/mol. The maximum absolute atomic E-state index is 2.47. The van der Waals surface area contributed by atoms with Crippen molar-refractivity contribution in [1.29, 1.82) is 0 Å². The van der Waals surface area contributed by atoms with Crippen LogP contribution in [0.2, 0.25) is 0 Å². The van der Waals surface area contributed by atoms with E-state index in [9.17, 15) is 0 Å². The third-order valence-electron chi connectivity index (χ3n) is 5.10. The largest absolute Gasteiger partial charge is 0.309 e. The van der Waals surface area contributed by atoms with Gasteiger partial charge in [-0.3, -0.25) is 0 Å². The minimum absolute atomic E-state index is 0.942. The van der Waals surface area contributed by atoms with E-state index in [0.29, 0.717) is 0 Å². The van der Waals surface area contributed by atoms with Gasteiger partial charge in [0.2, 0.25) is 0 Å². The van der Waals surface area contributed by atoms with E-state index in [1.54, 1.807) is 0 Å². The normalized spacial score (nSPS) is 11.3. The topological polar surface area (TPSA) is 4.93 Å². The van der Waals surface area contributed by atoms with Gasteiger partial charge in [0.25, 0.3) is 0 Å². The van der Waals surface area contributed by atoms with Gasteiger partial charge in [0.15, 0.2) is 0 Å². The zero-order chi connectivity index (χ0) is 18.2. The predicted octanol–water partition coefficient (Wildman–Crippen LogP) is 6.98. The van der Waals surface area contributed by atoms with Crippen molar-refractivity contribution in [1.82, 2.24) is 4.57 Å². The van der Waals surface area contributed by atoms with Crippen molar-refractivity contribution in [2.24, 2.45) is 0 Å². The average molecular weight is 459 g/mol. The first-order valence-corrected chi connectivity index (χ1v) is 10.2. The molecule has 0 aliphatic rings. The van der Waals surface area contributed by atoms with Gasteiger partial charge in [0, 0.05) is 20.0 Å². The van der Waals surface area contributed by atoms with Gasteiger partial charge in [-0.1, -0.05) is 66.7 Å². The van der Waals surface area contributed by atoms with Crippen LogP contribution in [0.3, 0.4) is 0 Å². The molecule has 1 nitrogen and oxygen atoms in total. The van der Waals surface area contributed by atoms with E-state index < -0.39 is 0 Å². The summed E-state index contributed by atoms with van der Waals surface area (Å²) in [5, 5.41) is 2.72. The van der Waals surface area contributed by atoms with E-state index in [0.717, 1.165) is 6.42 Å². The van der Waals surface area contributed by atoms with E-state index >= 15 is 0 Å². The third kappa shape index (κ3) is 2.85. The zero-order valence-electron chi connectivity index (χ0n) is 14.8. The number of hydrogen-bond donors (Lipinski definition) is 0. The van der Waals surface area contributed by atoms with E-state index in [1.807, 2.05) is 0 Å². The Balaban J connectivity index is 1.86. The molecule has 0 amide bonds. The number of nitrogens with zero attached hydrogens (tertiary/aromatic N) is 1. The van der Waals surface area contributed by atoms with Crippen LogP contribution in [-0.4, -0.2) is 4.57 Å². The van der Waals surface area contributed by atoms with Gasteiger partial charge in [-0.05, 0) is 70.5 Å². The van der Waals surface area contributed by atoms with Crippen molar-refractivity contribution < 1.29 is 0 Å². The van der Waals surface area contributed by atoms with Crippen molar-refractivity contribution in [2.75, 3.05) is 0 Å². The minimum Gasteiger partial charge on any atom is -0.309 e. The van der Waals surface area contributed by atoms with Gasteiger partial charge in [-0.25, -0.2) is 0 Å². The molecule has 5 aromatic rings. The van der Waals surface area contributed by atoms with Gasteiger partial charge in [-0.15, -0.1) is 0 Å². The Morgan fingerprint density at radius 1 is 0.593 bits per heavy atom. The molecule has 5 rings (SSSR count). The highest BCUT2D eigenvalue weighted by molar-refractivity contribution is 14.1. The number of para-hydroxylation sites is 1. The Hall–Kier alpha value is -2.59. The lowest BCUT2D eigenvalue weighted by Crippen LogP contribution is -1.94. The van der Waals surface area contributed by atoms with Crippen LogP contribution < -0.4 is 0 Å². The van der Waals surface area contributed by atoms with Crippen LogP contribution in [0.4, 0.5) is 0 Å². The van der Waals surface area contributed by atoms with Gasteiger partial charge >= 0.3 is 0 Å². The van der Waals surface area contributed by atoms with Gasteiger partial charge in [0.05, 0.1) is 11.0 Å². The molecule has 0 fully saturated rings. The van der Waals surface area contributed by atoms with Crippen LogP contribution in [0.15, 0.2) is 97.1 Å². The summed E-state index contributed by atoms with van der Waals surface area (Å²) in [4.78, 5) is 0. The molecule has 0 atom stereocenters. The molecule has 130 valence electrons. The summed E-state index contributed by atoms with van der Waals surface area (Å²) in [5.74, 6) is 0. The number of fused-ring (bicyclic) bond motifs is 3. The molecule has 1 heterocycles. The lowest BCUT2D eigenvalue weighted by Gasteiger charge is -2.08. The second-order valence-electron chi connectivity index (χ2n) is 6.78. The number of aromatic nitrogens is 1. The molecule has 0 unspecified atom stereocenters.